The average molecular weight is 328 g/mol. The van der Waals surface area contributed by atoms with Crippen LogP contribution in [0, 0.1) is 5.82 Å². The third kappa shape index (κ3) is 3.14. The number of furan rings is 1. The first-order valence-electron chi connectivity index (χ1n) is 5.45. The van der Waals surface area contributed by atoms with E-state index in [0.717, 1.165) is 10.5 Å². The minimum absolute atomic E-state index is 0.144. The highest BCUT2D eigenvalue weighted by Crippen LogP contribution is 2.22. The Morgan fingerprint density at radius 1 is 1.47 bits per heavy atom. The highest BCUT2D eigenvalue weighted by molar-refractivity contribution is 9.10. The number of nitrogens with one attached hydrogen (secondary N) is 1. The molecule has 4 nitrogen and oxygen atoms in total. The summed E-state index contributed by atoms with van der Waals surface area (Å²) in [6.07, 6.45) is 1.55. The number of rotatable bonds is 4. The van der Waals surface area contributed by atoms with Gasteiger partial charge >= 0.3 is 5.97 Å². The standard InChI is InChI=1S/C13H11BrFNO3/c1-18-13(17)9-6-8(15)2-3-11(9)16-7-12-10(14)4-5-19-12/h2-6,16H,7H2,1H3. The van der Waals surface area contributed by atoms with Crippen molar-refractivity contribution in [2.45, 2.75) is 6.54 Å². The molecule has 2 aromatic rings. The average Bonchev–Trinajstić information content (AvgIpc) is 2.82. The zero-order valence-electron chi connectivity index (χ0n) is 10.1. The van der Waals surface area contributed by atoms with Gasteiger partial charge in [-0.25, -0.2) is 9.18 Å². The minimum atomic E-state index is -0.597. The summed E-state index contributed by atoms with van der Waals surface area (Å²) >= 11 is 3.33. The van der Waals surface area contributed by atoms with Crippen LogP contribution < -0.4 is 5.32 Å². The van der Waals surface area contributed by atoms with Gasteiger partial charge in [0.25, 0.3) is 0 Å². The van der Waals surface area contributed by atoms with Crippen molar-refractivity contribution in [1.82, 2.24) is 0 Å². The Morgan fingerprint density at radius 3 is 2.89 bits per heavy atom. The molecule has 19 heavy (non-hydrogen) atoms. The first kappa shape index (κ1) is 13.6. The third-order valence-electron chi connectivity index (χ3n) is 2.52. The van der Waals surface area contributed by atoms with E-state index >= 15 is 0 Å². The zero-order chi connectivity index (χ0) is 13.8. The van der Waals surface area contributed by atoms with Crippen molar-refractivity contribution in [3.63, 3.8) is 0 Å². The lowest BCUT2D eigenvalue weighted by molar-refractivity contribution is 0.0601. The summed E-state index contributed by atoms with van der Waals surface area (Å²) in [6, 6.07) is 5.65. The summed E-state index contributed by atoms with van der Waals surface area (Å²) in [6.45, 7) is 0.364. The normalized spacial score (nSPS) is 10.3. The minimum Gasteiger partial charge on any atom is -0.466 e. The first-order valence-corrected chi connectivity index (χ1v) is 6.24. The molecule has 0 saturated carbocycles. The van der Waals surface area contributed by atoms with Crippen molar-refractivity contribution in [2.24, 2.45) is 0 Å². The van der Waals surface area contributed by atoms with E-state index in [-0.39, 0.29) is 5.56 Å². The molecular weight excluding hydrogens is 317 g/mol. The van der Waals surface area contributed by atoms with E-state index in [2.05, 4.69) is 26.0 Å². The molecule has 0 aliphatic carbocycles. The molecule has 0 saturated heterocycles. The molecule has 0 spiro atoms. The summed E-state index contributed by atoms with van der Waals surface area (Å²) in [4.78, 5) is 11.6. The molecule has 0 aliphatic heterocycles. The number of hydrogen-bond acceptors (Lipinski definition) is 4. The summed E-state index contributed by atoms with van der Waals surface area (Å²) in [7, 11) is 1.25. The van der Waals surface area contributed by atoms with Gasteiger partial charge in [-0.2, -0.15) is 0 Å². The molecule has 0 atom stereocenters. The molecule has 1 aromatic heterocycles. The molecule has 1 N–H and O–H groups in total. The van der Waals surface area contributed by atoms with E-state index in [4.69, 9.17) is 4.42 Å². The number of benzene rings is 1. The van der Waals surface area contributed by atoms with Crippen LogP contribution >= 0.6 is 15.9 Å². The smallest absolute Gasteiger partial charge is 0.340 e. The van der Waals surface area contributed by atoms with Gasteiger partial charge in [-0.3, -0.25) is 0 Å². The van der Waals surface area contributed by atoms with E-state index < -0.39 is 11.8 Å². The van der Waals surface area contributed by atoms with E-state index in [1.807, 2.05) is 0 Å². The molecular formula is C13H11BrFNO3. The van der Waals surface area contributed by atoms with Crippen molar-refractivity contribution in [2.75, 3.05) is 12.4 Å². The van der Waals surface area contributed by atoms with Crippen molar-refractivity contribution in [3.8, 4) is 0 Å². The van der Waals surface area contributed by atoms with E-state index in [1.165, 1.54) is 19.2 Å². The largest absolute Gasteiger partial charge is 0.466 e. The van der Waals surface area contributed by atoms with Crippen molar-refractivity contribution >= 4 is 27.6 Å². The molecule has 0 amide bonds. The predicted octanol–water partition coefficient (Wildman–Crippen LogP) is 3.58. The van der Waals surface area contributed by atoms with E-state index in [0.29, 0.717) is 18.0 Å². The number of esters is 1. The molecule has 0 aliphatic rings. The molecule has 100 valence electrons. The number of halogens is 2. The second kappa shape index (κ2) is 5.88. The van der Waals surface area contributed by atoms with Gasteiger partial charge in [0.2, 0.25) is 0 Å². The maximum atomic E-state index is 13.2. The lowest BCUT2D eigenvalue weighted by Crippen LogP contribution is -2.08. The Balaban J connectivity index is 2.20. The summed E-state index contributed by atoms with van der Waals surface area (Å²) < 4.78 is 23.8. The number of carbonyl (C=O) groups is 1. The molecule has 2 rings (SSSR count). The lowest BCUT2D eigenvalue weighted by atomic mass is 10.1. The summed E-state index contributed by atoms with van der Waals surface area (Å²) in [5.41, 5.74) is 0.627. The molecule has 1 aromatic carbocycles. The van der Waals surface area contributed by atoms with Gasteiger partial charge in [0.15, 0.2) is 0 Å². The Hall–Kier alpha value is -1.82. The lowest BCUT2D eigenvalue weighted by Gasteiger charge is -2.10. The molecule has 6 heteroatoms. The highest BCUT2D eigenvalue weighted by Gasteiger charge is 2.13. The second-order valence-corrected chi connectivity index (χ2v) is 4.58. The number of carbonyl (C=O) groups excluding carboxylic acids is 1. The van der Waals surface area contributed by atoms with Crippen LogP contribution in [0.15, 0.2) is 39.4 Å². The number of methoxy groups -OCH3 is 1. The molecule has 0 radical (unpaired) electrons. The van der Waals surface area contributed by atoms with E-state index in [1.54, 1.807) is 12.3 Å². The Labute approximate surface area is 117 Å². The van der Waals surface area contributed by atoms with Crippen LogP contribution in [-0.4, -0.2) is 13.1 Å². The van der Waals surface area contributed by atoms with Crippen LogP contribution in [0.5, 0.6) is 0 Å². The second-order valence-electron chi connectivity index (χ2n) is 3.73. The predicted molar refractivity (Wildman–Crippen MR) is 71.5 cm³/mol. The van der Waals surface area contributed by atoms with Gasteiger partial charge in [0.1, 0.15) is 11.6 Å². The van der Waals surface area contributed by atoms with Gasteiger partial charge in [0.05, 0.1) is 30.0 Å². The summed E-state index contributed by atoms with van der Waals surface area (Å²) in [5.74, 6) is -0.411. The van der Waals surface area contributed by atoms with Gasteiger partial charge in [-0.1, -0.05) is 0 Å². The summed E-state index contributed by atoms with van der Waals surface area (Å²) in [5, 5.41) is 3.01. The van der Waals surface area contributed by atoms with Gasteiger partial charge in [-0.15, -0.1) is 0 Å². The van der Waals surface area contributed by atoms with Crippen LogP contribution in [0.4, 0.5) is 10.1 Å². The van der Waals surface area contributed by atoms with Crippen LogP contribution in [-0.2, 0) is 11.3 Å². The van der Waals surface area contributed by atoms with Gasteiger partial charge < -0.3 is 14.5 Å². The Kier molecular flexibility index (Phi) is 4.21. The van der Waals surface area contributed by atoms with Crippen LogP contribution in [0.3, 0.4) is 0 Å². The van der Waals surface area contributed by atoms with Crippen LogP contribution in [0.2, 0.25) is 0 Å². The van der Waals surface area contributed by atoms with Crippen molar-refractivity contribution < 1.29 is 18.3 Å². The maximum absolute atomic E-state index is 13.2. The van der Waals surface area contributed by atoms with E-state index in [9.17, 15) is 9.18 Å². The van der Waals surface area contributed by atoms with Gasteiger partial charge in [-0.05, 0) is 40.2 Å². The Bertz CT molecular complexity index is 597. The Morgan fingerprint density at radius 2 is 2.26 bits per heavy atom. The van der Waals surface area contributed by atoms with Crippen molar-refractivity contribution in [3.05, 3.63) is 52.1 Å². The molecule has 0 unspecified atom stereocenters. The molecule has 0 fully saturated rings. The maximum Gasteiger partial charge on any atom is 0.340 e. The van der Waals surface area contributed by atoms with Crippen LogP contribution in [0.1, 0.15) is 16.1 Å². The molecule has 0 bridgehead atoms. The zero-order valence-corrected chi connectivity index (χ0v) is 11.7. The number of ether oxygens (including phenoxy) is 1. The topological polar surface area (TPSA) is 51.5 Å². The highest BCUT2D eigenvalue weighted by atomic mass is 79.9. The quantitative estimate of drug-likeness (QED) is 0.872. The number of hydrogen-bond donors (Lipinski definition) is 1. The monoisotopic (exact) mass is 327 g/mol. The van der Waals surface area contributed by atoms with Gasteiger partial charge in [0, 0.05) is 5.69 Å². The van der Waals surface area contributed by atoms with Crippen molar-refractivity contribution in [1.29, 1.82) is 0 Å². The fourth-order valence-electron chi connectivity index (χ4n) is 1.58. The SMILES string of the molecule is COC(=O)c1cc(F)ccc1NCc1occc1Br. The fourth-order valence-corrected chi connectivity index (χ4v) is 1.92. The number of anilines is 1. The first-order chi connectivity index (χ1) is 9.11. The van der Waals surface area contributed by atoms with Crippen LogP contribution in [0.25, 0.3) is 0 Å². The third-order valence-corrected chi connectivity index (χ3v) is 3.22. The molecule has 1 heterocycles. The fraction of sp³-hybridized carbons (Fsp3) is 0.154.